The Kier molecular flexibility index (Phi) is 7.76. The number of hydrogen-bond donors (Lipinski definition) is 2. The van der Waals surface area contributed by atoms with Crippen LogP contribution in [-0.2, 0) is 0 Å². The molecular formula is C14H22Cl2N2O2. The predicted molar refractivity (Wildman–Crippen MR) is 86.0 cm³/mol. The maximum Gasteiger partial charge on any atom is 0.255 e. The number of halogens is 2. The van der Waals surface area contributed by atoms with E-state index >= 15 is 0 Å². The summed E-state index contributed by atoms with van der Waals surface area (Å²) in [4.78, 5) is 12.1. The van der Waals surface area contributed by atoms with Crippen LogP contribution in [-0.4, -0.2) is 19.6 Å². The van der Waals surface area contributed by atoms with Gasteiger partial charge in [0.2, 0.25) is 0 Å². The summed E-state index contributed by atoms with van der Waals surface area (Å²) in [7, 11) is 1.50. The predicted octanol–water partition coefficient (Wildman–Crippen LogP) is 3.37. The summed E-state index contributed by atoms with van der Waals surface area (Å²) < 4.78 is 5.16. The van der Waals surface area contributed by atoms with Gasteiger partial charge in [0.1, 0.15) is 5.75 Å². The Bertz CT molecular complexity index is 465. The molecule has 0 aliphatic rings. The Morgan fingerprint density at radius 3 is 2.50 bits per heavy atom. The third-order valence-corrected chi connectivity index (χ3v) is 3.61. The molecular weight excluding hydrogens is 299 g/mol. The third-order valence-electron chi connectivity index (χ3n) is 3.29. The van der Waals surface area contributed by atoms with E-state index in [9.17, 15) is 4.79 Å². The Hall–Kier alpha value is -1.13. The maximum absolute atomic E-state index is 12.1. The second-order valence-corrected chi connectivity index (χ2v) is 5.41. The molecule has 0 aromatic heterocycles. The zero-order chi connectivity index (χ0) is 14.6. The Labute approximate surface area is 131 Å². The fourth-order valence-corrected chi connectivity index (χ4v) is 1.66. The van der Waals surface area contributed by atoms with Crippen LogP contribution in [0.1, 0.15) is 31.1 Å². The highest BCUT2D eigenvalue weighted by Gasteiger charge is 2.16. The van der Waals surface area contributed by atoms with Gasteiger partial charge in [0, 0.05) is 12.6 Å². The van der Waals surface area contributed by atoms with Crippen molar-refractivity contribution in [3.05, 3.63) is 22.7 Å². The minimum absolute atomic E-state index is 0. The van der Waals surface area contributed by atoms with Gasteiger partial charge in [-0.1, -0.05) is 32.4 Å². The van der Waals surface area contributed by atoms with Crippen molar-refractivity contribution in [2.45, 2.75) is 20.8 Å². The second kappa shape index (κ2) is 8.22. The Morgan fingerprint density at radius 2 is 2.00 bits per heavy atom. The van der Waals surface area contributed by atoms with Crippen LogP contribution in [0, 0.1) is 11.8 Å². The molecule has 1 aromatic carbocycles. The molecule has 114 valence electrons. The van der Waals surface area contributed by atoms with Crippen molar-refractivity contribution >= 4 is 35.6 Å². The topological polar surface area (TPSA) is 64.3 Å². The third kappa shape index (κ3) is 4.76. The van der Waals surface area contributed by atoms with Crippen LogP contribution in [0.3, 0.4) is 0 Å². The first-order valence-electron chi connectivity index (χ1n) is 6.28. The molecule has 0 spiro atoms. The van der Waals surface area contributed by atoms with Crippen LogP contribution in [0.25, 0.3) is 0 Å². The number of rotatable bonds is 5. The first-order valence-corrected chi connectivity index (χ1v) is 6.65. The van der Waals surface area contributed by atoms with Crippen LogP contribution < -0.4 is 15.8 Å². The molecule has 1 amide bonds. The molecule has 6 heteroatoms. The SMILES string of the molecule is COc1cc(N)c(Cl)cc1C(=O)NCC(C)C(C)C.Cl. The van der Waals surface area contributed by atoms with Gasteiger partial charge in [-0.3, -0.25) is 4.79 Å². The van der Waals surface area contributed by atoms with E-state index in [1.165, 1.54) is 13.2 Å². The van der Waals surface area contributed by atoms with Crippen molar-refractivity contribution in [2.24, 2.45) is 11.8 Å². The molecule has 1 aromatic rings. The van der Waals surface area contributed by atoms with Crippen molar-refractivity contribution < 1.29 is 9.53 Å². The summed E-state index contributed by atoms with van der Waals surface area (Å²) in [6, 6.07) is 3.09. The van der Waals surface area contributed by atoms with Crippen LogP contribution in [0.15, 0.2) is 12.1 Å². The van der Waals surface area contributed by atoms with Crippen molar-refractivity contribution in [2.75, 3.05) is 19.4 Å². The number of amides is 1. The molecule has 3 N–H and O–H groups in total. The minimum Gasteiger partial charge on any atom is -0.496 e. The smallest absolute Gasteiger partial charge is 0.255 e. The molecule has 0 saturated carbocycles. The fraction of sp³-hybridized carbons (Fsp3) is 0.500. The first-order chi connectivity index (χ1) is 8.86. The van der Waals surface area contributed by atoms with Gasteiger partial charge in [-0.25, -0.2) is 0 Å². The van der Waals surface area contributed by atoms with E-state index in [1.807, 2.05) is 0 Å². The van der Waals surface area contributed by atoms with Crippen LogP contribution in [0.2, 0.25) is 5.02 Å². The monoisotopic (exact) mass is 320 g/mol. The van der Waals surface area contributed by atoms with Gasteiger partial charge in [-0.2, -0.15) is 0 Å². The molecule has 0 heterocycles. The van der Waals surface area contributed by atoms with Crippen LogP contribution >= 0.6 is 24.0 Å². The van der Waals surface area contributed by atoms with Crippen LogP contribution in [0.5, 0.6) is 5.75 Å². The zero-order valence-corrected chi connectivity index (χ0v) is 13.8. The van der Waals surface area contributed by atoms with E-state index in [-0.39, 0.29) is 18.3 Å². The lowest BCUT2D eigenvalue weighted by Gasteiger charge is -2.17. The number of ether oxygens (including phenoxy) is 1. The molecule has 20 heavy (non-hydrogen) atoms. The lowest BCUT2D eigenvalue weighted by atomic mass is 9.98. The molecule has 1 rings (SSSR count). The number of carbonyl (C=O) groups is 1. The molecule has 1 atom stereocenters. The molecule has 0 aliphatic heterocycles. The Morgan fingerprint density at radius 1 is 1.40 bits per heavy atom. The van der Waals surface area contributed by atoms with E-state index in [0.29, 0.717) is 40.4 Å². The number of nitrogens with two attached hydrogens (primary N) is 1. The van der Waals surface area contributed by atoms with E-state index in [4.69, 9.17) is 22.1 Å². The highest BCUT2D eigenvalue weighted by Crippen LogP contribution is 2.28. The van der Waals surface area contributed by atoms with Gasteiger partial charge in [0.05, 0.1) is 23.4 Å². The molecule has 0 bridgehead atoms. The number of carbonyl (C=O) groups excluding carboxylic acids is 1. The number of hydrogen-bond acceptors (Lipinski definition) is 3. The standard InChI is InChI=1S/C14H21ClN2O2.ClH/c1-8(2)9(3)7-17-14(18)10-5-11(15)12(16)6-13(10)19-4;/h5-6,8-9H,7,16H2,1-4H3,(H,17,18);1H. The van der Waals surface area contributed by atoms with E-state index in [1.54, 1.807) is 6.07 Å². The van der Waals surface area contributed by atoms with Crippen molar-refractivity contribution in [3.63, 3.8) is 0 Å². The van der Waals surface area contributed by atoms with E-state index < -0.39 is 0 Å². The average Bonchev–Trinajstić information content (AvgIpc) is 2.37. The summed E-state index contributed by atoms with van der Waals surface area (Å²) in [5.74, 6) is 1.14. The highest BCUT2D eigenvalue weighted by molar-refractivity contribution is 6.33. The molecule has 0 fully saturated rings. The van der Waals surface area contributed by atoms with Gasteiger partial charge in [0.25, 0.3) is 5.91 Å². The minimum atomic E-state index is -0.203. The van der Waals surface area contributed by atoms with Gasteiger partial charge in [-0.15, -0.1) is 12.4 Å². The normalized spacial score (nSPS) is 11.7. The first kappa shape index (κ1) is 18.9. The van der Waals surface area contributed by atoms with Crippen LogP contribution in [0.4, 0.5) is 5.69 Å². The molecule has 0 saturated heterocycles. The quantitative estimate of drug-likeness (QED) is 0.817. The number of nitrogen functional groups attached to an aromatic ring is 1. The number of benzene rings is 1. The number of methoxy groups -OCH3 is 1. The summed E-state index contributed by atoms with van der Waals surface area (Å²) in [5, 5.41) is 3.23. The zero-order valence-electron chi connectivity index (χ0n) is 12.2. The summed E-state index contributed by atoms with van der Waals surface area (Å²) in [6.07, 6.45) is 0. The summed E-state index contributed by atoms with van der Waals surface area (Å²) in [6.45, 7) is 6.95. The summed E-state index contributed by atoms with van der Waals surface area (Å²) in [5.41, 5.74) is 6.48. The highest BCUT2D eigenvalue weighted by atomic mass is 35.5. The number of nitrogens with one attached hydrogen (secondary N) is 1. The van der Waals surface area contributed by atoms with E-state index in [2.05, 4.69) is 26.1 Å². The largest absolute Gasteiger partial charge is 0.496 e. The van der Waals surface area contributed by atoms with Crippen molar-refractivity contribution in [3.8, 4) is 5.75 Å². The van der Waals surface area contributed by atoms with E-state index in [0.717, 1.165) is 0 Å². The van der Waals surface area contributed by atoms with Crippen molar-refractivity contribution in [1.29, 1.82) is 0 Å². The lowest BCUT2D eigenvalue weighted by Crippen LogP contribution is -2.30. The van der Waals surface area contributed by atoms with Gasteiger partial charge >= 0.3 is 0 Å². The molecule has 0 aliphatic carbocycles. The number of anilines is 1. The van der Waals surface area contributed by atoms with Gasteiger partial charge in [-0.05, 0) is 17.9 Å². The average molecular weight is 321 g/mol. The fourth-order valence-electron chi connectivity index (χ4n) is 1.50. The molecule has 1 unspecified atom stereocenters. The molecule has 0 radical (unpaired) electrons. The maximum atomic E-state index is 12.1. The van der Waals surface area contributed by atoms with Crippen molar-refractivity contribution in [1.82, 2.24) is 5.32 Å². The van der Waals surface area contributed by atoms with Gasteiger partial charge in [0.15, 0.2) is 0 Å². The lowest BCUT2D eigenvalue weighted by molar-refractivity contribution is 0.0942. The van der Waals surface area contributed by atoms with Gasteiger partial charge < -0.3 is 15.8 Å². The Balaban J connectivity index is 0.00000361. The summed E-state index contributed by atoms with van der Waals surface area (Å²) >= 11 is 5.94. The molecule has 4 nitrogen and oxygen atoms in total. The second-order valence-electron chi connectivity index (χ2n) is 5.01.